The van der Waals surface area contributed by atoms with Gasteiger partial charge >= 0.3 is 5.69 Å². The predicted molar refractivity (Wildman–Crippen MR) is 58.7 cm³/mol. The number of nitrogens with zero attached hydrogens (tertiary/aromatic N) is 2. The van der Waals surface area contributed by atoms with E-state index in [4.69, 9.17) is 0 Å². The van der Waals surface area contributed by atoms with Gasteiger partial charge in [-0.2, -0.15) is 0 Å². The summed E-state index contributed by atoms with van der Waals surface area (Å²) in [6.45, 7) is 2.05. The molecule has 0 aliphatic carbocycles. The number of hydrogen-bond acceptors (Lipinski definition) is 2. The molecular formula is C12H11FN2O. The van der Waals surface area contributed by atoms with Crippen LogP contribution in [0.3, 0.4) is 0 Å². The maximum atomic E-state index is 13.4. The molecule has 1 aromatic carbocycles. The minimum atomic E-state index is -0.367. The fourth-order valence-electron chi connectivity index (χ4n) is 1.49. The van der Waals surface area contributed by atoms with Crippen LogP contribution in [-0.2, 0) is 6.54 Å². The van der Waals surface area contributed by atoms with Crippen molar-refractivity contribution >= 4 is 0 Å². The van der Waals surface area contributed by atoms with Crippen LogP contribution in [0.4, 0.5) is 4.39 Å². The van der Waals surface area contributed by atoms with E-state index >= 15 is 0 Å². The zero-order chi connectivity index (χ0) is 11.5. The van der Waals surface area contributed by atoms with Crippen LogP contribution < -0.4 is 5.69 Å². The van der Waals surface area contributed by atoms with Gasteiger partial charge in [-0.3, -0.25) is 4.57 Å². The van der Waals surface area contributed by atoms with E-state index in [1.165, 1.54) is 16.8 Å². The first-order valence-corrected chi connectivity index (χ1v) is 4.93. The molecule has 2 rings (SSSR count). The highest BCUT2D eigenvalue weighted by atomic mass is 19.1. The molecule has 0 bridgehead atoms. The molecule has 1 heterocycles. The van der Waals surface area contributed by atoms with Crippen molar-refractivity contribution in [2.75, 3.05) is 0 Å². The van der Waals surface area contributed by atoms with Crippen molar-refractivity contribution in [3.63, 3.8) is 0 Å². The van der Waals surface area contributed by atoms with Gasteiger partial charge in [0.25, 0.3) is 0 Å². The van der Waals surface area contributed by atoms with Crippen molar-refractivity contribution in [3.05, 3.63) is 64.1 Å². The maximum Gasteiger partial charge on any atom is 0.347 e. The number of aryl methyl sites for hydroxylation is 1. The van der Waals surface area contributed by atoms with Gasteiger partial charge in [-0.05, 0) is 18.6 Å². The van der Waals surface area contributed by atoms with E-state index in [1.54, 1.807) is 24.4 Å². The van der Waals surface area contributed by atoms with E-state index in [0.717, 1.165) is 5.56 Å². The summed E-state index contributed by atoms with van der Waals surface area (Å²) in [7, 11) is 0. The molecule has 0 saturated heterocycles. The van der Waals surface area contributed by atoms with Gasteiger partial charge in [0.1, 0.15) is 5.82 Å². The number of halogens is 1. The first-order chi connectivity index (χ1) is 7.66. The van der Waals surface area contributed by atoms with Gasteiger partial charge in [0.2, 0.25) is 0 Å². The van der Waals surface area contributed by atoms with Crippen molar-refractivity contribution in [2.45, 2.75) is 13.5 Å². The third-order valence-electron chi connectivity index (χ3n) is 2.28. The summed E-state index contributed by atoms with van der Waals surface area (Å²) in [6, 6.07) is 6.40. The van der Waals surface area contributed by atoms with Crippen LogP contribution in [0.25, 0.3) is 0 Å². The lowest BCUT2D eigenvalue weighted by Gasteiger charge is -2.06. The summed E-state index contributed by atoms with van der Waals surface area (Å²) in [5.74, 6) is -0.309. The Balaban J connectivity index is 2.38. The molecule has 0 N–H and O–H groups in total. The molecular weight excluding hydrogens is 207 g/mol. The molecule has 0 spiro atoms. The van der Waals surface area contributed by atoms with Gasteiger partial charge in [0.05, 0.1) is 6.54 Å². The highest BCUT2D eigenvalue weighted by Crippen LogP contribution is 2.07. The van der Waals surface area contributed by atoms with Crippen LogP contribution in [0.2, 0.25) is 0 Å². The maximum absolute atomic E-state index is 13.4. The molecule has 3 nitrogen and oxygen atoms in total. The van der Waals surface area contributed by atoms with Crippen LogP contribution in [-0.4, -0.2) is 9.55 Å². The highest BCUT2D eigenvalue weighted by Gasteiger charge is 2.03. The SMILES string of the molecule is Cc1cnc(=O)n(Cc2ccccc2F)c1. The van der Waals surface area contributed by atoms with E-state index in [2.05, 4.69) is 4.98 Å². The molecule has 0 aliphatic rings. The first-order valence-electron chi connectivity index (χ1n) is 4.93. The standard InChI is InChI=1S/C12H11FN2O/c1-9-6-14-12(16)15(7-9)8-10-4-2-3-5-11(10)13/h2-7H,8H2,1H3. The molecule has 0 aliphatic heterocycles. The summed E-state index contributed by atoms with van der Waals surface area (Å²) in [5.41, 5.74) is 0.988. The van der Waals surface area contributed by atoms with Crippen LogP contribution in [0.1, 0.15) is 11.1 Å². The molecule has 0 amide bonds. The first kappa shape index (κ1) is 10.5. The second kappa shape index (κ2) is 4.26. The molecule has 0 atom stereocenters. The third-order valence-corrected chi connectivity index (χ3v) is 2.28. The highest BCUT2D eigenvalue weighted by molar-refractivity contribution is 5.18. The molecule has 0 unspecified atom stereocenters. The molecule has 0 fully saturated rings. The van der Waals surface area contributed by atoms with E-state index in [9.17, 15) is 9.18 Å². The van der Waals surface area contributed by atoms with Crippen LogP contribution in [0, 0.1) is 12.7 Å². The largest absolute Gasteiger partial charge is 0.347 e. The van der Waals surface area contributed by atoms with Crippen LogP contribution in [0.5, 0.6) is 0 Å². The molecule has 1 aromatic heterocycles. The van der Waals surface area contributed by atoms with Crippen molar-refractivity contribution in [1.82, 2.24) is 9.55 Å². The smallest absolute Gasteiger partial charge is 0.294 e. The fourth-order valence-corrected chi connectivity index (χ4v) is 1.49. The van der Waals surface area contributed by atoms with Gasteiger partial charge in [0, 0.05) is 18.0 Å². The number of hydrogen-bond donors (Lipinski definition) is 0. The summed E-state index contributed by atoms with van der Waals surface area (Å²) in [5, 5.41) is 0. The molecule has 2 aromatic rings. The summed E-state index contributed by atoms with van der Waals surface area (Å²) in [4.78, 5) is 15.1. The zero-order valence-electron chi connectivity index (χ0n) is 8.85. The number of benzene rings is 1. The Hall–Kier alpha value is -1.97. The number of aromatic nitrogens is 2. The summed E-state index contributed by atoms with van der Waals surface area (Å²) in [6.07, 6.45) is 3.17. The van der Waals surface area contributed by atoms with Crippen LogP contribution in [0.15, 0.2) is 41.5 Å². The molecule has 0 saturated carbocycles. The third kappa shape index (κ3) is 2.16. The lowest BCUT2D eigenvalue weighted by molar-refractivity contribution is 0.592. The second-order valence-corrected chi connectivity index (χ2v) is 3.63. The Bertz CT molecular complexity index is 563. The Morgan fingerprint density at radius 2 is 2.12 bits per heavy atom. The Kier molecular flexibility index (Phi) is 2.81. The van der Waals surface area contributed by atoms with Crippen molar-refractivity contribution in [1.29, 1.82) is 0 Å². The molecule has 82 valence electrons. The van der Waals surface area contributed by atoms with E-state index < -0.39 is 0 Å². The Morgan fingerprint density at radius 3 is 2.88 bits per heavy atom. The van der Waals surface area contributed by atoms with E-state index in [0.29, 0.717) is 5.56 Å². The minimum absolute atomic E-state index is 0.209. The lowest BCUT2D eigenvalue weighted by Crippen LogP contribution is -2.23. The van der Waals surface area contributed by atoms with Gasteiger partial charge in [0.15, 0.2) is 0 Å². The van der Waals surface area contributed by atoms with E-state index in [1.807, 2.05) is 6.92 Å². The topological polar surface area (TPSA) is 34.9 Å². The van der Waals surface area contributed by atoms with Crippen molar-refractivity contribution in [2.24, 2.45) is 0 Å². The quantitative estimate of drug-likeness (QED) is 0.769. The summed E-state index contributed by atoms with van der Waals surface area (Å²) < 4.78 is 14.8. The fraction of sp³-hybridized carbons (Fsp3) is 0.167. The van der Waals surface area contributed by atoms with Gasteiger partial charge in [-0.25, -0.2) is 14.2 Å². The van der Waals surface area contributed by atoms with Crippen LogP contribution >= 0.6 is 0 Å². The van der Waals surface area contributed by atoms with Gasteiger partial charge < -0.3 is 0 Å². The molecule has 4 heteroatoms. The average Bonchev–Trinajstić information content (AvgIpc) is 2.27. The van der Waals surface area contributed by atoms with Gasteiger partial charge in [-0.1, -0.05) is 18.2 Å². The van der Waals surface area contributed by atoms with E-state index in [-0.39, 0.29) is 18.1 Å². The Labute approximate surface area is 92.2 Å². The molecule has 16 heavy (non-hydrogen) atoms. The predicted octanol–water partition coefficient (Wildman–Crippen LogP) is 1.74. The van der Waals surface area contributed by atoms with Crippen molar-refractivity contribution < 1.29 is 4.39 Å². The Morgan fingerprint density at radius 1 is 1.38 bits per heavy atom. The zero-order valence-corrected chi connectivity index (χ0v) is 8.85. The molecule has 0 radical (unpaired) electrons. The second-order valence-electron chi connectivity index (χ2n) is 3.63. The van der Waals surface area contributed by atoms with Crippen molar-refractivity contribution in [3.8, 4) is 0 Å². The number of rotatable bonds is 2. The monoisotopic (exact) mass is 218 g/mol. The van der Waals surface area contributed by atoms with Gasteiger partial charge in [-0.15, -0.1) is 0 Å². The lowest BCUT2D eigenvalue weighted by atomic mass is 10.2. The normalized spacial score (nSPS) is 10.4. The minimum Gasteiger partial charge on any atom is -0.294 e. The average molecular weight is 218 g/mol. The summed E-state index contributed by atoms with van der Waals surface area (Å²) >= 11 is 0.